The first-order chi connectivity index (χ1) is 6.15. The van der Waals surface area contributed by atoms with E-state index in [4.69, 9.17) is 4.74 Å². The van der Waals surface area contributed by atoms with Crippen molar-refractivity contribution in [3.8, 4) is 0 Å². The second kappa shape index (κ2) is 3.07. The second-order valence-electron chi connectivity index (χ2n) is 4.80. The van der Waals surface area contributed by atoms with E-state index in [1.54, 1.807) is 0 Å². The smallest absolute Gasteiger partial charge is 0.133 e. The minimum absolute atomic E-state index is 0.310. The lowest BCUT2D eigenvalue weighted by atomic mass is 9.80. The number of aldehydes is 1. The summed E-state index contributed by atoms with van der Waals surface area (Å²) < 4.78 is 5.47. The van der Waals surface area contributed by atoms with Crippen molar-refractivity contribution >= 4 is 6.29 Å². The first-order valence-electron chi connectivity index (χ1n) is 4.90. The van der Waals surface area contributed by atoms with Gasteiger partial charge in [-0.2, -0.15) is 0 Å². The molecule has 2 aliphatic heterocycles. The molecule has 0 aliphatic carbocycles. The largest absolute Gasteiger partial charge is 0.379 e. The van der Waals surface area contributed by atoms with Crippen LogP contribution in [0.5, 0.6) is 0 Å². The van der Waals surface area contributed by atoms with E-state index in [2.05, 4.69) is 18.7 Å². The fourth-order valence-corrected chi connectivity index (χ4v) is 2.70. The molecule has 2 rings (SSSR count). The van der Waals surface area contributed by atoms with Gasteiger partial charge in [-0.05, 0) is 5.41 Å². The van der Waals surface area contributed by atoms with E-state index in [-0.39, 0.29) is 0 Å². The highest BCUT2D eigenvalue weighted by Gasteiger charge is 2.49. The van der Waals surface area contributed by atoms with Crippen molar-refractivity contribution < 1.29 is 9.53 Å². The predicted octanol–water partition coefficient (Wildman–Crippen LogP) is 0.542. The summed E-state index contributed by atoms with van der Waals surface area (Å²) in [7, 11) is 0. The highest BCUT2D eigenvalue weighted by Crippen LogP contribution is 2.42. The Balaban J connectivity index is 2.13. The number of nitrogens with zero attached hydrogens (tertiary/aromatic N) is 1. The Bertz CT molecular complexity index is 215. The molecule has 3 heteroatoms. The lowest BCUT2D eigenvalue weighted by Gasteiger charge is -2.23. The Labute approximate surface area is 79.0 Å². The summed E-state index contributed by atoms with van der Waals surface area (Å²) in [4.78, 5) is 12.7. The summed E-state index contributed by atoms with van der Waals surface area (Å²) in [6, 6.07) is 0.486. The highest BCUT2D eigenvalue weighted by atomic mass is 16.5. The zero-order valence-corrected chi connectivity index (χ0v) is 8.32. The van der Waals surface area contributed by atoms with Crippen molar-refractivity contribution in [2.75, 3.05) is 26.3 Å². The fraction of sp³-hybridized carbons (Fsp3) is 0.900. The Hall–Kier alpha value is -0.410. The lowest BCUT2D eigenvalue weighted by Crippen LogP contribution is -2.34. The van der Waals surface area contributed by atoms with Crippen LogP contribution in [0, 0.1) is 11.3 Å². The number of carbonyl (C=O) groups is 1. The quantitative estimate of drug-likeness (QED) is 0.585. The summed E-state index contributed by atoms with van der Waals surface area (Å²) in [5.41, 5.74) is 0.310. The van der Waals surface area contributed by atoms with Crippen molar-refractivity contribution in [3.63, 3.8) is 0 Å². The van der Waals surface area contributed by atoms with Gasteiger partial charge in [-0.3, -0.25) is 4.90 Å². The average Bonchev–Trinajstić information content (AvgIpc) is 2.57. The van der Waals surface area contributed by atoms with Crippen molar-refractivity contribution in [3.05, 3.63) is 0 Å². The molecule has 3 nitrogen and oxygen atoms in total. The van der Waals surface area contributed by atoms with Crippen molar-refractivity contribution in [2.24, 2.45) is 11.3 Å². The molecule has 0 radical (unpaired) electrons. The Morgan fingerprint density at radius 2 is 2.31 bits per heavy atom. The highest BCUT2D eigenvalue weighted by molar-refractivity contribution is 5.52. The van der Waals surface area contributed by atoms with Crippen LogP contribution in [-0.2, 0) is 9.53 Å². The number of rotatable bonds is 2. The Morgan fingerprint density at radius 3 is 3.00 bits per heavy atom. The molecule has 2 atom stereocenters. The number of fused-ring (bicyclic) bond motifs is 1. The van der Waals surface area contributed by atoms with E-state index in [0.29, 0.717) is 23.9 Å². The number of likely N-dealkylation sites (tertiary alicyclic amines) is 1. The number of hydrogen-bond acceptors (Lipinski definition) is 3. The normalized spacial score (nSPS) is 37.7. The zero-order valence-electron chi connectivity index (χ0n) is 8.32. The van der Waals surface area contributed by atoms with E-state index < -0.39 is 0 Å². The summed E-state index contributed by atoms with van der Waals surface area (Å²) in [5.74, 6) is 0.618. The predicted molar refractivity (Wildman–Crippen MR) is 49.5 cm³/mol. The number of ether oxygens (including phenoxy) is 1. The molecule has 13 heavy (non-hydrogen) atoms. The van der Waals surface area contributed by atoms with Gasteiger partial charge >= 0.3 is 0 Å². The molecule has 74 valence electrons. The zero-order chi connectivity index (χ0) is 9.47. The molecule has 0 N–H and O–H groups in total. The van der Waals surface area contributed by atoms with Gasteiger partial charge in [0.2, 0.25) is 0 Å². The van der Waals surface area contributed by atoms with Gasteiger partial charge in [0, 0.05) is 18.5 Å². The monoisotopic (exact) mass is 183 g/mol. The molecule has 2 fully saturated rings. The first-order valence-corrected chi connectivity index (χ1v) is 4.90. The third-order valence-corrected chi connectivity index (χ3v) is 3.44. The van der Waals surface area contributed by atoms with Gasteiger partial charge in [-0.15, -0.1) is 0 Å². The minimum atomic E-state index is 0.310. The second-order valence-corrected chi connectivity index (χ2v) is 4.80. The van der Waals surface area contributed by atoms with Crippen molar-refractivity contribution in [1.82, 2.24) is 4.90 Å². The van der Waals surface area contributed by atoms with Crippen molar-refractivity contribution in [1.29, 1.82) is 0 Å². The maximum atomic E-state index is 10.5. The van der Waals surface area contributed by atoms with Crippen LogP contribution in [0.2, 0.25) is 0 Å². The summed E-state index contributed by atoms with van der Waals surface area (Å²) in [6.07, 6.45) is 0.997. The first kappa shape index (κ1) is 9.16. The molecule has 0 saturated carbocycles. The van der Waals surface area contributed by atoms with Gasteiger partial charge in [-0.25, -0.2) is 0 Å². The summed E-state index contributed by atoms with van der Waals surface area (Å²) in [5, 5.41) is 0. The van der Waals surface area contributed by atoms with E-state index in [9.17, 15) is 4.79 Å². The molecule has 2 heterocycles. The number of carbonyl (C=O) groups excluding carboxylic acids is 1. The van der Waals surface area contributed by atoms with Crippen LogP contribution in [0.1, 0.15) is 13.8 Å². The van der Waals surface area contributed by atoms with E-state index in [1.165, 1.54) is 0 Å². The van der Waals surface area contributed by atoms with Crippen LogP contribution in [0.15, 0.2) is 0 Å². The minimum Gasteiger partial charge on any atom is -0.379 e. The van der Waals surface area contributed by atoms with Crippen LogP contribution in [-0.4, -0.2) is 43.5 Å². The van der Waals surface area contributed by atoms with Gasteiger partial charge < -0.3 is 9.53 Å². The van der Waals surface area contributed by atoms with Gasteiger partial charge in [0.15, 0.2) is 0 Å². The molecular formula is C10H17NO2. The molecule has 2 saturated heterocycles. The third-order valence-electron chi connectivity index (χ3n) is 3.44. The third kappa shape index (κ3) is 1.40. The van der Waals surface area contributed by atoms with Crippen LogP contribution in [0.25, 0.3) is 0 Å². The molecule has 0 aromatic heterocycles. The molecule has 2 aliphatic rings. The van der Waals surface area contributed by atoms with Crippen molar-refractivity contribution in [2.45, 2.75) is 19.9 Å². The van der Waals surface area contributed by atoms with Crippen LogP contribution in [0.4, 0.5) is 0 Å². The Kier molecular flexibility index (Phi) is 2.16. The van der Waals surface area contributed by atoms with Crippen LogP contribution < -0.4 is 0 Å². The fourth-order valence-electron chi connectivity index (χ4n) is 2.70. The van der Waals surface area contributed by atoms with Gasteiger partial charge in [-0.1, -0.05) is 13.8 Å². The molecule has 0 amide bonds. The lowest BCUT2D eigenvalue weighted by molar-refractivity contribution is -0.109. The standard InChI is InChI=1S/C10H17NO2/c1-10(2)7-11(3-4-12)9-6-13-5-8(9)10/h4,8-9H,3,5-7H2,1-2H3. The maximum Gasteiger partial charge on any atom is 0.133 e. The number of hydrogen-bond donors (Lipinski definition) is 0. The maximum absolute atomic E-state index is 10.5. The topological polar surface area (TPSA) is 29.5 Å². The van der Waals surface area contributed by atoms with E-state index >= 15 is 0 Å². The SMILES string of the molecule is CC1(C)CN(CC=O)C2COCC21. The van der Waals surface area contributed by atoms with Crippen LogP contribution >= 0.6 is 0 Å². The van der Waals surface area contributed by atoms with Gasteiger partial charge in [0.1, 0.15) is 6.29 Å². The van der Waals surface area contributed by atoms with Gasteiger partial charge in [0.05, 0.1) is 19.8 Å². The summed E-state index contributed by atoms with van der Waals surface area (Å²) in [6.45, 7) is 7.81. The molecule has 2 unspecified atom stereocenters. The molecule has 0 bridgehead atoms. The summed E-state index contributed by atoms with van der Waals surface area (Å²) >= 11 is 0. The van der Waals surface area contributed by atoms with E-state index in [1.807, 2.05) is 0 Å². The van der Waals surface area contributed by atoms with E-state index in [0.717, 1.165) is 26.0 Å². The van der Waals surface area contributed by atoms with Crippen LogP contribution in [0.3, 0.4) is 0 Å². The average molecular weight is 183 g/mol. The van der Waals surface area contributed by atoms with Gasteiger partial charge in [0.25, 0.3) is 0 Å². The Morgan fingerprint density at radius 1 is 1.54 bits per heavy atom. The molecule has 0 aromatic carbocycles. The molecular weight excluding hydrogens is 166 g/mol. The molecule has 0 aromatic rings. The molecule has 0 spiro atoms.